The van der Waals surface area contributed by atoms with Gasteiger partial charge in [0.05, 0.1) is 30.4 Å². The Balaban J connectivity index is 1.20. The van der Waals surface area contributed by atoms with Crippen molar-refractivity contribution in [2.75, 3.05) is 38.2 Å². The van der Waals surface area contributed by atoms with E-state index in [1.54, 1.807) is 40.3 Å². The number of fused-ring (bicyclic) bond motifs is 1. The van der Waals surface area contributed by atoms with Gasteiger partial charge in [0.1, 0.15) is 17.4 Å². The van der Waals surface area contributed by atoms with E-state index in [-0.39, 0.29) is 48.4 Å². The summed E-state index contributed by atoms with van der Waals surface area (Å²) in [5.74, 6) is 0.0942. The van der Waals surface area contributed by atoms with Crippen molar-refractivity contribution in [3.63, 3.8) is 0 Å². The number of imide groups is 1. The highest BCUT2D eigenvalue weighted by atomic mass is 16.6. The van der Waals surface area contributed by atoms with Crippen LogP contribution in [0.25, 0.3) is 11.0 Å². The molecule has 0 bridgehead atoms. The zero-order valence-electron chi connectivity index (χ0n) is 26.2. The molecule has 11 nitrogen and oxygen atoms in total. The van der Waals surface area contributed by atoms with Gasteiger partial charge in [0.15, 0.2) is 0 Å². The van der Waals surface area contributed by atoms with Crippen LogP contribution in [-0.2, 0) is 27.9 Å². The Labute approximate surface area is 256 Å². The maximum atomic E-state index is 13.8. The highest BCUT2D eigenvalue weighted by molar-refractivity contribution is 6.00. The van der Waals surface area contributed by atoms with Crippen LogP contribution in [0.1, 0.15) is 58.1 Å². The summed E-state index contributed by atoms with van der Waals surface area (Å²) in [5.41, 5.74) is 2.56. The normalized spacial score (nSPS) is 20.3. The van der Waals surface area contributed by atoms with Gasteiger partial charge >= 0.3 is 11.8 Å². The van der Waals surface area contributed by atoms with Gasteiger partial charge in [-0.05, 0) is 69.9 Å². The molecular weight excluding hydrogens is 562 g/mol. The monoisotopic (exact) mass is 603 g/mol. The molecule has 1 spiro atoms. The topological polar surface area (TPSA) is 106 Å². The highest BCUT2D eigenvalue weighted by Gasteiger charge is 2.47. The largest absolute Gasteiger partial charge is 0.497 e. The third-order valence-corrected chi connectivity index (χ3v) is 9.25. The second kappa shape index (κ2) is 11.0. The number of carbonyl (C=O) groups is 3. The Morgan fingerprint density at radius 3 is 2.32 bits per heavy atom. The minimum atomic E-state index is -0.766. The van der Waals surface area contributed by atoms with Crippen molar-refractivity contribution in [3.8, 4) is 5.75 Å². The molecule has 234 valence electrons. The molecule has 6 rings (SSSR count). The Bertz CT molecular complexity index is 1650. The lowest BCUT2D eigenvalue weighted by atomic mass is 9.72. The average Bonchev–Trinajstić information content (AvgIpc) is 3.23. The lowest BCUT2D eigenvalue weighted by Gasteiger charge is -2.55. The summed E-state index contributed by atoms with van der Waals surface area (Å²) in [4.78, 5) is 58.3. The highest BCUT2D eigenvalue weighted by Crippen LogP contribution is 2.44. The van der Waals surface area contributed by atoms with E-state index in [2.05, 4.69) is 4.90 Å². The molecule has 11 heteroatoms. The first kappa shape index (κ1) is 29.8. The molecule has 2 aromatic carbocycles. The smallest absolute Gasteiger partial charge is 0.410 e. The summed E-state index contributed by atoms with van der Waals surface area (Å²) in [6, 6.07) is 12.3. The van der Waals surface area contributed by atoms with Crippen molar-refractivity contribution in [1.29, 1.82) is 0 Å². The minimum Gasteiger partial charge on any atom is -0.497 e. The Hall–Kier alpha value is -4.28. The Kier molecular flexibility index (Phi) is 7.45. The number of likely N-dealkylation sites (tertiary alicyclic amines) is 2. The predicted molar refractivity (Wildman–Crippen MR) is 166 cm³/mol. The van der Waals surface area contributed by atoms with Gasteiger partial charge in [-0.1, -0.05) is 18.2 Å². The van der Waals surface area contributed by atoms with E-state index in [1.165, 1.54) is 4.90 Å². The number of anilines is 1. The number of piperidine rings is 2. The molecule has 44 heavy (non-hydrogen) atoms. The zero-order valence-corrected chi connectivity index (χ0v) is 26.2. The molecule has 3 aromatic rings. The van der Waals surface area contributed by atoms with Gasteiger partial charge < -0.3 is 19.3 Å². The van der Waals surface area contributed by atoms with Gasteiger partial charge in [-0.25, -0.2) is 9.59 Å². The third kappa shape index (κ3) is 5.33. The van der Waals surface area contributed by atoms with E-state index < -0.39 is 11.6 Å². The molecule has 0 saturated carbocycles. The number of ether oxygens (including phenoxy) is 2. The molecule has 0 N–H and O–H groups in total. The van der Waals surface area contributed by atoms with E-state index in [0.717, 1.165) is 42.7 Å². The fourth-order valence-electron chi connectivity index (χ4n) is 6.85. The lowest BCUT2D eigenvalue weighted by molar-refractivity contribution is -0.151. The van der Waals surface area contributed by atoms with Crippen LogP contribution in [0.2, 0.25) is 0 Å². The number of carbonyl (C=O) groups excluding carboxylic acids is 3. The van der Waals surface area contributed by atoms with Crippen LogP contribution in [0.3, 0.4) is 0 Å². The molecule has 3 aliphatic rings. The van der Waals surface area contributed by atoms with Crippen molar-refractivity contribution < 1.29 is 23.9 Å². The van der Waals surface area contributed by atoms with Gasteiger partial charge in [0, 0.05) is 45.1 Å². The second-order valence-electron chi connectivity index (χ2n) is 13.4. The van der Waals surface area contributed by atoms with E-state index in [9.17, 15) is 19.2 Å². The van der Waals surface area contributed by atoms with Gasteiger partial charge in [0.2, 0.25) is 5.91 Å². The summed E-state index contributed by atoms with van der Waals surface area (Å²) >= 11 is 0. The van der Waals surface area contributed by atoms with Crippen LogP contribution in [0.15, 0.2) is 47.3 Å². The molecular formula is C33H41N5O6. The number of amides is 3. The van der Waals surface area contributed by atoms with E-state index in [0.29, 0.717) is 24.4 Å². The third-order valence-electron chi connectivity index (χ3n) is 9.25. The zero-order chi connectivity index (χ0) is 31.4. The van der Waals surface area contributed by atoms with Crippen LogP contribution < -0.4 is 15.3 Å². The van der Waals surface area contributed by atoms with Gasteiger partial charge in [-0.2, -0.15) is 0 Å². The summed E-state index contributed by atoms with van der Waals surface area (Å²) in [6.07, 6.45) is 2.00. The molecule has 3 saturated heterocycles. The standard InChI is InChI=1S/C33H41N5O6/c1-32(2,3)44-31(42)35-17-15-33(16-18-35)20-36(21-33)24-7-6-8-25-28(24)34(4)30(41)38(25)26-13-14-27(39)37(29(26)40)19-22-9-11-23(43-5)12-10-22/h6-12,26H,13-21H2,1-5H3. The number of aromatic nitrogens is 2. The fourth-order valence-corrected chi connectivity index (χ4v) is 6.85. The van der Waals surface area contributed by atoms with Crippen molar-refractivity contribution in [2.45, 2.75) is 64.6 Å². The number of imidazole rings is 1. The van der Waals surface area contributed by atoms with E-state index in [1.807, 2.05) is 51.1 Å². The van der Waals surface area contributed by atoms with Gasteiger partial charge in [-0.15, -0.1) is 0 Å². The number of hydrogen-bond donors (Lipinski definition) is 0. The molecule has 3 fully saturated rings. The Morgan fingerprint density at radius 1 is 1.00 bits per heavy atom. The second-order valence-corrected chi connectivity index (χ2v) is 13.4. The maximum absolute atomic E-state index is 13.8. The van der Waals surface area contributed by atoms with E-state index >= 15 is 0 Å². The molecule has 0 aliphatic carbocycles. The summed E-state index contributed by atoms with van der Waals surface area (Å²) in [5, 5.41) is 0. The first-order valence-corrected chi connectivity index (χ1v) is 15.3. The molecule has 1 atom stereocenters. The van der Waals surface area contributed by atoms with Gasteiger partial charge in [-0.3, -0.25) is 23.6 Å². The predicted octanol–water partition coefficient (Wildman–Crippen LogP) is 4.08. The quantitative estimate of drug-likeness (QED) is 0.405. The Morgan fingerprint density at radius 2 is 1.68 bits per heavy atom. The number of hydrogen-bond acceptors (Lipinski definition) is 7. The van der Waals surface area contributed by atoms with Crippen molar-refractivity contribution in [2.24, 2.45) is 12.5 Å². The molecule has 3 amide bonds. The minimum absolute atomic E-state index is 0.115. The van der Waals surface area contributed by atoms with Gasteiger partial charge in [0.25, 0.3) is 5.91 Å². The number of methoxy groups -OCH3 is 1. The molecule has 1 aromatic heterocycles. The lowest BCUT2D eigenvalue weighted by Crippen LogP contribution is -2.61. The first-order valence-electron chi connectivity index (χ1n) is 15.3. The summed E-state index contributed by atoms with van der Waals surface area (Å²) in [7, 11) is 3.33. The van der Waals surface area contributed by atoms with Crippen LogP contribution in [-0.4, -0.2) is 75.7 Å². The summed E-state index contributed by atoms with van der Waals surface area (Å²) in [6.45, 7) is 8.77. The summed E-state index contributed by atoms with van der Waals surface area (Å²) < 4.78 is 14.0. The molecule has 1 unspecified atom stereocenters. The SMILES string of the molecule is COc1ccc(CN2C(=O)CCC(n3c(=O)n(C)c4c(N5CC6(CCN(C(=O)OC(C)(C)C)CC6)C5)cccc43)C2=O)cc1. The number of benzene rings is 2. The maximum Gasteiger partial charge on any atom is 0.410 e. The van der Waals surface area contributed by atoms with Crippen molar-refractivity contribution in [1.82, 2.24) is 18.9 Å². The number of para-hydroxylation sites is 1. The van der Waals surface area contributed by atoms with Crippen LogP contribution in [0.5, 0.6) is 5.75 Å². The van der Waals surface area contributed by atoms with Crippen molar-refractivity contribution in [3.05, 3.63) is 58.5 Å². The number of aryl methyl sites for hydroxylation is 1. The molecule has 3 aliphatic heterocycles. The van der Waals surface area contributed by atoms with Crippen LogP contribution in [0, 0.1) is 5.41 Å². The molecule has 0 radical (unpaired) electrons. The van der Waals surface area contributed by atoms with Crippen LogP contribution >= 0.6 is 0 Å². The fraction of sp³-hybridized carbons (Fsp3) is 0.515. The number of rotatable bonds is 5. The molecule has 4 heterocycles. The van der Waals surface area contributed by atoms with Crippen molar-refractivity contribution >= 4 is 34.6 Å². The first-order chi connectivity index (χ1) is 20.9. The van der Waals surface area contributed by atoms with E-state index in [4.69, 9.17) is 9.47 Å². The number of nitrogens with zero attached hydrogens (tertiary/aromatic N) is 5. The average molecular weight is 604 g/mol. The van der Waals surface area contributed by atoms with Crippen LogP contribution in [0.4, 0.5) is 10.5 Å².